The van der Waals surface area contributed by atoms with Crippen LogP contribution in [-0.4, -0.2) is 50.7 Å². The number of carbonyl (C=O) groups excluding carboxylic acids is 3. The molecule has 3 aromatic rings. The summed E-state index contributed by atoms with van der Waals surface area (Å²) in [5, 5.41) is 2.44. The number of rotatable bonds is 8. The number of nitrogens with one attached hydrogen (secondary N) is 1. The molecule has 1 atom stereocenters. The number of methoxy groups -OCH3 is 1. The largest absolute Gasteiger partial charge is 0.453 e. The lowest BCUT2D eigenvalue weighted by Gasteiger charge is -2.27. The summed E-state index contributed by atoms with van der Waals surface area (Å²) >= 11 is 0. The van der Waals surface area contributed by atoms with Crippen LogP contribution in [0.5, 0.6) is 0 Å². The fourth-order valence-electron chi connectivity index (χ4n) is 5.16. The second kappa shape index (κ2) is 11.4. The highest BCUT2D eigenvalue weighted by Crippen LogP contribution is 2.39. The van der Waals surface area contributed by atoms with Crippen LogP contribution < -0.4 is 11.1 Å². The molecule has 11 nitrogen and oxygen atoms in total. The third kappa shape index (κ3) is 5.60. The topological polar surface area (TPSA) is 143 Å². The van der Waals surface area contributed by atoms with Crippen LogP contribution in [0, 0.1) is 5.92 Å². The van der Waals surface area contributed by atoms with E-state index >= 15 is 0 Å². The van der Waals surface area contributed by atoms with Gasteiger partial charge in [0.15, 0.2) is 11.5 Å². The van der Waals surface area contributed by atoms with Gasteiger partial charge in [-0.15, -0.1) is 0 Å². The molecule has 41 heavy (non-hydrogen) atoms. The number of ether oxygens (including phenoxy) is 1. The summed E-state index contributed by atoms with van der Waals surface area (Å²) in [6.45, 7) is 5.05. The number of aliphatic imine (C=N–C) groups is 1. The van der Waals surface area contributed by atoms with E-state index in [9.17, 15) is 14.4 Å². The maximum atomic E-state index is 13.9. The number of fused-ring (bicyclic) bond motifs is 1. The van der Waals surface area contributed by atoms with Crippen LogP contribution in [0.3, 0.4) is 0 Å². The summed E-state index contributed by atoms with van der Waals surface area (Å²) < 4.78 is 4.58. The number of hydrogen-bond donors (Lipinski definition) is 2. The van der Waals surface area contributed by atoms with Crippen molar-refractivity contribution in [2.75, 3.05) is 12.4 Å². The number of hydrogen-bond acceptors (Lipinski definition) is 8. The van der Waals surface area contributed by atoms with Crippen LogP contribution in [0.4, 0.5) is 10.7 Å². The number of aromatic nitrogens is 2. The molecule has 3 amide bonds. The Kier molecular flexibility index (Phi) is 7.69. The fraction of sp³-hybridized carbons (Fsp3) is 0.333. The number of amides is 3. The molecule has 0 saturated heterocycles. The molecule has 2 aromatic carbocycles. The maximum absolute atomic E-state index is 13.9. The number of nitrogens with two attached hydrogens (primary N) is 1. The lowest BCUT2D eigenvalue weighted by molar-refractivity contribution is -0.132. The molecule has 11 heteroatoms. The van der Waals surface area contributed by atoms with Crippen LogP contribution in [-0.2, 0) is 34.7 Å². The molecule has 5 rings (SSSR count). The van der Waals surface area contributed by atoms with E-state index in [1.165, 1.54) is 12.0 Å². The Morgan fingerprint density at radius 3 is 2.63 bits per heavy atom. The minimum atomic E-state index is -1.06. The minimum absolute atomic E-state index is 0.112. The molecule has 3 heterocycles. The van der Waals surface area contributed by atoms with E-state index in [1.807, 2.05) is 36.4 Å². The molecule has 0 bridgehead atoms. The maximum Gasteiger partial charge on any atom is 0.413 e. The van der Waals surface area contributed by atoms with Crippen molar-refractivity contribution >= 4 is 29.8 Å². The normalized spacial score (nSPS) is 18.0. The van der Waals surface area contributed by atoms with Crippen molar-refractivity contribution in [1.29, 1.82) is 0 Å². The van der Waals surface area contributed by atoms with Gasteiger partial charge in [-0.3, -0.25) is 19.8 Å². The SMILES string of the molecule is COC(=O)Nc1ncc2c(n1)CN(C(=O)c1cccc(CN3C(=O)[C@@](CCC(C)C)(c4ccccc4)N=C3N)c1)C2. The molecule has 0 unspecified atom stereocenters. The Balaban J connectivity index is 1.32. The van der Waals surface area contributed by atoms with E-state index in [1.54, 1.807) is 29.3 Å². The molecule has 2 aliphatic heterocycles. The van der Waals surface area contributed by atoms with Crippen molar-refractivity contribution in [3.63, 3.8) is 0 Å². The van der Waals surface area contributed by atoms with Gasteiger partial charge in [0.1, 0.15) is 0 Å². The molecule has 1 aromatic heterocycles. The fourth-order valence-corrected chi connectivity index (χ4v) is 5.16. The number of carbonyl (C=O) groups is 3. The molecule has 2 aliphatic rings. The third-order valence-corrected chi connectivity index (χ3v) is 7.37. The van der Waals surface area contributed by atoms with Crippen molar-refractivity contribution in [3.05, 3.63) is 88.7 Å². The highest BCUT2D eigenvalue weighted by Gasteiger charge is 2.48. The van der Waals surface area contributed by atoms with Gasteiger partial charge >= 0.3 is 6.09 Å². The Labute approximate surface area is 238 Å². The van der Waals surface area contributed by atoms with Gasteiger partial charge in [0.05, 0.1) is 25.9 Å². The van der Waals surface area contributed by atoms with Crippen molar-refractivity contribution in [2.45, 2.75) is 51.9 Å². The Bertz CT molecular complexity index is 1510. The molecule has 0 aliphatic carbocycles. The van der Waals surface area contributed by atoms with E-state index in [-0.39, 0.29) is 36.8 Å². The second-order valence-corrected chi connectivity index (χ2v) is 10.7. The van der Waals surface area contributed by atoms with Gasteiger partial charge in [0, 0.05) is 23.9 Å². The summed E-state index contributed by atoms with van der Waals surface area (Å²) in [6, 6.07) is 16.7. The van der Waals surface area contributed by atoms with E-state index in [2.05, 4.69) is 33.9 Å². The number of anilines is 1. The van der Waals surface area contributed by atoms with E-state index < -0.39 is 11.6 Å². The van der Waals surface area contributed by atoms with Crippen LogP contribution in [0.15, 0.2) is 65.8 Å². The third-order valence-electron chi connectivity index (χ3n) is 7.37. The van der Waals surface area contributed by atoms with Crippen molar-refractivity contribution in [3.8, 4) is 0 Å². The first-order valence-corrected chi connectivity index (χ1v) is 13.5. The quantitative estimate of drug-likeness (QED) is 0.430. The number of guanidine groups is 1. The van der Waals surface area contributed by atoms with Crippen molar-refractivity contribution in [2.24, 2.45) is 16.6 Å². The van der Waals surface area contributed by atoms with Gasteiger partial charge in [-0.05, 0) is 42.0 Å². The standard InChI is InChI=1S/C30H33N7O4/c1-19(2)12-13-30(23-10-5-4-6-11-23)26(39)37(27(31)35-30)16-20-8-7-9-21(14-20)25(38)36-17-22-15-32-28(33-24(22)18-36)34-29(40)41-3/h4-11,14-15,19H,12-13,16-18H2,1-3H3,(H2,31,35)(H,32,33,34,40)/t30-/m1/s1. The van der Waals surface area contributed by atoms with Gasteiger partial charge in [-0.1, -0.05) is 56.3 Å². The molecule has 0 saturated carbocycles. The van der Waals surface area contributed by atoms with Crippen LogP contribution in [0.25, 0.3) is 0 Å². The summed E-state index contributed by atoms with van der Waals surface area (Å²) in [7, 11) is 1.25. The monoisotopic (exact) mass is 555 g/mol. The lowest BCUT2D eigenvalue weighted by atomic mass is 9.83. The molecular formula is C30H33N7O4. The number of nitrogens with zero attached hydrogens (tertiary/aromatic N) is 5. The van der Waals surface area contributed by atoms with Crippen molar-refractivity contribution < 1.29 is 19.1 Å². The molecule has 0 fully saturated rings. The highest BCUT2D eigenvalue weighted by molar-refractivity contribution is 6.07. The molecule has 212 valence electrons. The second-order valence-electron chi connectivity index (χ2n) is 10.7. The minimum Gasteiger partial charge on any atom is -0.453 e. The Morgan fingerprint density at radius 2 is 1.90 bits per heavy atom. The summed E-state index contributed by atoms with van der Waals surface area (Å²) in [5.41, 5.74) is 8.82. The smallest absolute Gasteiger partial charge is 0.413 e. The molecule has 0 radical (unpaired) electrons. The van der Waals surface area contributed by atoms with Gasteiger partial charge in [-0.2, -0.15) is 0 Å². The lowest BCUT2D eigenvalue weighted by Crippen LogP contribution is -2.42. The van der Waals surface area contributed by atoms with Crippen LogP contribution in [0.1, 0.15) is 59.4 Å². The summed E-state index contributed by atoms with van der Waals surface area (Å²) in [4.78, 5) is 55.2. The Morgan fingerprint density at radius 1 is 1.12 bits per heavy atom. The summed E-state index contributed by atoms with van der Waals surface area (Å²) in [6.07, 6.45) is 2.29. The van der Waals surface area contributed by atoms with Crippen LogP contribution in [0.2, 0.25) is 0 Å². The van der Waals surface area contributed by atoms with Gasteiger partial charge in [-0.25, -0.2) is 19.8 Å². The zero-order valence-electron chi connectivity index (χ0n) is 23.3. The van der Waals surface area contributed by atoms with E-state index in [4.69, 9.17) is 10.7 Å². The molecule has 3 N–H and O–H groups in total. The van der Waals surface area contributed by atoms with Gasteiger partial charge in [0.25, 0.3) is 11.8 Å². The molecular weight excluding hydrogens is 522 g/mol. The zero-order chi connectivity index (χ0) is 29.1. The van der Waals surface area contributed by atoms with Gasteiger partial charge in [0.2, 0.25) is 5.95 Å². The molecule has 0 spiro atoms. The highest BCUT2D eigenvalue weighted by atomic mass is 16.5. The number of benzene rings is 2. The Hall–Kier alpha value is -4.80. The first-order chi connectivity index (χ1) is 19.7. The first-order valence-electron chi connectivity index (χ1n) is 13.5. The van der Waals surface area contributed by atoms with Crippen LogP contribution >= 0.6 is 0 Å². The van der Waals surface area contributed by atoms with E-state index in [0.29, 0.717) is 30.1 Å². The predicted molar refractivity (Wildman–Crippen MR) is 152 cm³/mol. The predicted octanol–water partition coefficient (Wildman–Crippen LogP) is 3.80. The first kappa shape index (κ1) is 27.8. The zero-order valence-corrected chi connectivity index (χ0v) is 23.3. The van der Waals surface area contributed by atoms with Crippen molar-refractivity contribution in [1.82, 2.24) is 19.8 Å². The van der Waals surface area contributed by atoms with Gasteiger partial charge < -0.3 is 15.4 Å². The summed E-state index contributed by atoms with van der Waals surface area (Å²) in [5.74, 6) is 0.335. The average Bonchev–Trinajstić information content (AvgIpc) is 3.51. The van der Waals surface area contributed by atoms with E-state index in [0.717, 1.165) is 23.1 Å². The average molecular weight is 556 g/mol.